The molecule has 2 aromatic rings. The number of benzene rings is 2. The molecular weight excluding hydrogens is 342 g/mol. The Bertz CT molecular complexity index is 806. The molecule has 0 aliphatic heterocycles. The summed E-state index contributed by atoms with van der Waals surface area (Å²) in [5.41, 5.74) is 2.16. The number of carbonyl (C=O) groups is 1. The molecule has 6 heteroatoms. The quantitative estimate of drug-likeness (QED) is 0.360. The number of aromatic hydroxyl groups is 1. The molecule has 0 heterocycles. The maximum atomic E-state index is 12.1. The Kier molecular flexibility index (Phi) is 7.73. The van der Waals surface area contributed by atoms with Crippen molar-refractivity contribution in [3.8, 4) is 17.6 Å². The smallest absolute Gasteiger partial charge is 0.263 e. The fourth-order valence-corrected chi connectivity index (χ4v) is 2.41. The van der Waals surface area contributed by atoms with Gasteiger partial charge in [-0.25, -0.2) is 0 Å². The van der Waals surface area contributed by atoms with E-state index in [4.69, 9.17) is 10.00 Å². The molecule has 0 atom stereocenters. The first-order valence-electron chi connectivity index (χ1n) is 8.65. The average Bonchev–Trinajstić information content (AvgIpc) is 2.70. The average molecular weight is 365 g/mol. The van der Waals surface area contributed by atoms with E-state index < -0.39 is 5.91 Å². The third kappa shape index (κ3) is 6.75. The van der Waals surface area contributed by atoms with Gasteiger partial charge in [-0.05, 0) is 48.2 Å². The zero-order valence-corrected chi connectivity index (χ0v) is 15.2. The third-order valence-corrected chi connectivity index (χ3v) is 3.96. The Hall–Kier alpha value is -3.46. The lowest BCUT2D eigenvalue weighted by atomic mass is 10.1. The molecule has 140 valence electrons. The number of phenolic OH excluding ortho intramolecular Hbond substituents is 1. The Morgan fingerprint density at radius 2 is 1.67 bits per heavy atom. The fraction of sp³-hybridized carbons (Fsp3) is 0.238. The van der Waals surface area contributed by atoms with Gasteiger partial charge in [0.05, 0.1) is 7.11 Å². The van der Waals surface area contributed by atoms with Crippen LogP contribution in [0.25, 0.3) is 0 Å². The van der Waals surface area contributed by atoms with Gasteiger partial charge in [0.1, 0.15) is 23.1 Å². The molecule has 0 saturated carbocycles. The van der Waals surface area contributed by atoms with E-state index in [0.717, 1.165) is 23.3 Å². The van der Waals surface area contributed by atoms with Gasteiger partial charge in [-0.1, -0.05) is 24.3 Å². The van der Waals surface area contributed by atoms with E-state index in [1.807, 2.05) is 30.3 Å². The number of hydrogen-bond donors (Lipinski definition) is 3. The number of amides is 1. The van der Waals surface area contributed by atoms with Crippen molar-refractivity contribution in [3.05, 3.63) is 71.4 Å². The minimum Gasteiger partial charge on any atom is -0.508 e. The van der Waals surface area contributed by atoms with E-state index in [2.05, 4.69) is 10.6 Å². The van der Waals surface area contributed by atoms with Crippen LogP contribution in [0, 0.1) is 11.3 Å². The number of rotatable bonds is 9. The van der Waals surface area contributed by atoms with Crippen LogP contribution in [-0.4, -0.2) is 31.2 Å². The van der Waals surface area contributed by atoms with Crippen LogP contribution in [-0.2, 0) is 17.6 Å². The molecule has 0 bridgehead atoms. The number of methoxy groups -OCH3 is 1. The summed E-state index contributed by atoms with van der Waals surface area (Å²) in [6.07, 6.45) is 2.83. The first-order valence-corrected chi connectivity index (χ1v) is 8.65. The standard InChI is InChI=1S/C21H23N3O3/c1-27-20-8-4-17(5-9-20)10-12-23-15-18(14-22)21(26)24-13-11-16-2-6-19(25)7-3-16/h2-9,15,23,25H,10-13H2,1H3,(H,24,26)/b18-15-. The highest BCUT2D eigenvalue weighted by Crippen LogP contribution is 2.11. The number of nitrogens with one attached hydrogen (secondary N) is 2. The van der Waals surface area contributed by atoms with Gasteiger partial charge < -0.3 is 20.5 Å². The summed E-state index contributed by atoms with van der Waals surface area (Å²) in [5.74, 6) is 0.605. The predicted molar refractivity (Wildman–Crippen MR) is 103 cm³/mol. The monoisotopic (exact) mass is 365 g/mol. The number of ether oxygens (including phenoxy) is 1. The van der Waals surface area contributed by atoms with Crippen molar-refractivity contribution in [1.29, 1.82) is 5.26 Å². The SMILES string of the molecule is COc1ccc(CCN/C=C(/C#N)C(=O)NCCc2ccc(O)cc2)cc1. The summed E-state index contributed by atoms with van der Waals surface area (Å²) in [7, 11) is 1.63. The summed E-state index contributed by atoms with van der Waals surface area (Å²) < 4.78 is 5.12. The molecule has 0 aromatic heterocycles. The van der Waals surface area contributed by atoms with E-state index >= 15 is 0 Å². The molecule has 2 rings (SSSR count). The van der Waals surface area contributed by atoms with Crippen LogP contribution in [0.3, 0.4) is 0 Å². The van der Waals surface area contributed by atoms with Gasteiger partial charge >= 0.3 is 0 Å². The van der Waals surface area contributed by atoms with Crippen molar-refractivity contribution >= 4 is 5.91 Å². The van der Waals surface area contributed by atoms with E-state index in [1.54, 1.807) is 31.4 Å². The molecule has 6 nitrogen and oxygen atoms in total. The molecule has 0 fully saturated rings. The van der Waals surface area contributed by atoms with Crippen molar-refractivity contribution in [2.75, 3.05) is 20.2 Å². The van der Waals surface area contributed by atoms with Crippen molar-refractivity contribution in [1.82, 2.24) is 10.6 Å². The summed E-state index contributed by atoms with van der Waals surface area (Å²) >= 11 is 0. The molecule has 0 aliphatic rings. The van der Waals surface area contributed by atoms with Crippen LogP contribution in [0.5, 0.6) is 11.5 Å². The minimum absolute atomic E-state index is 0.0374. The summed E-state index contributed by atoms with van der Waals surface area (Å²) in [5, 5.41) is 24.1. The van der Waals surface area contributed by atoms with Gasteiger partial charge in [-0.3, -0.25) is 4.79 Å². The molecule has 0 unspecified atom stereocenters. The van der Waals surface area contributed by atoms with Crippen molar-refractivity contribution in [2.24, 2.45) is 0 Å². The Balaban J connectivity index is 1.74. The van der Waals surface area contributed by atoms with Crippen LogP contribution in [0.1, 0.15) is 11.1 Å². The first-order chi connectivity index (χ1) is 13.1. The van der Waals surface area contributed by atoms with Gasteiger partial charge in [0.2, 0.25) is 0 Å². The molecule has 27 heavy (non-hydrogen) atoms. The normalized spacial score (nSPS) is 10.7. The zero-order valence-electron chi connectivity index (χ0n) is 15.2. The van der Waals surface area contributed by atoms with Crippen LogP contribution < -0.4 is 15.4 Å². The maximum Gasteiger partial charge on any atom is 0.263 e. The summed E-state index contributed by atoms with van der Waals surface area (Å²) in [4.78, 5) is 12.1. The molecular formula is C21H23N3O3. The second-order valence-electron chi connectivity index (χ2n) is 5.89. The second kappa shape index (κ2) is 10.5. The highest BCUT2D eigenvalue weighted by Gasteiger charge is 2.07. The Labute approximate surface area is 159 Å². The van der Waals surface area contributed by atoms with Gasteiger partial charge in [0, 0.05) is 19.3 Å². The van der Waals surface area contributed by atoms with Crippen LogP contribution >= 0.6 is 0 Å². The molecule has 0 saturated heterocycles. The second-order valence-corrected chi connectivity index (χ2v) is 5.89. The molecule has 0 radical (unpaired) electrons. The predicted octanol–water partition coefficient (Wildman–Crippen LogP) is 2.30. The van der Waals surface area contributed by atoms with Crippen LogP contribution in [0.15, 0.2) is 60.3 Å². The van der Waals surface area contributed by atoms with Crippen molar-refractivity contribution in [2.45, 2.75) is 12.8 Å². The third-order valence-electron chi connectivity index (χ3n) is 3.96. The molecule has 0 aliphatic carbocycles. The highest BCUT2D eigenvalue weighted by molar-refractivity contribution is 5.97. The van der Waals surface area contributed by atoms with E-state index in [0.29, 0.717) is 19.5 Å². The van der Waals surface area contributed by atoms with Crippen LogP contribution in [0.4, 0.5) is 0 Å². The van der Waals surface area contributed by atoms with E-state index in [9.17, 15) is 9.90 Å². The minimum atomic E-state index is -0.409. The lowest BCUT2D eigenvalue weighted by Gasteiger charge is -2.06. The maximum absolute atomic E-state index is 12.1. The van der Waals surface area contributed by atoms with Gasteiger partial charge in [0.25, 0.3) is 5.91 Å². The molecule has 1 amide bonds. The lowest BCUT2D eigenvalue weighted by Crippen LogP contribution is -2.27. The Morgan fingerprint density at radius 3 is 2.26 bits per heavy atom. The molecule has 0 spiro atoms. The molecule has 2 aromatic carbocycles. The number of phenols is 1. The Morgan fingerprint density at radius 1 is 1.07 bits per heavy atom. The zero-order chi connectivity index (χ0) is 19.5. The summed E-state index contributed by atoms with van der Waals surface area (Å²) in [6, 6.07) is 16.4. The number of hydrogen-bond acceptors (Lipinski definition) is 5. The van der Waals surface area contributed by atoms with Gasteiger partial charge in [0.15, 0.2) is 0 Å². The van der Waals surface area contributed by atoms with E-state index in [-0.39, 0.29) is 11.3 Å². The number of carbonyl (C=O) groups excluding carboxylic acids is 1. The fourth-order valence-electron chi connectivity index (χ4n) is 2.41. The lowest BCUT2D eigenvalue weighted by molar-refractivity contribution is -0.117. The van der Waals surface area contributed by atoms with E-state index in [1.165, 1.54) is 6.20 Å². The number of nitrogens with zero attached hydrogens (tertiary/aromatic N) is 1. The highest BCUT2D eigenvalue weighted by atomic mass is 16.5. The molecule has 3 N–H and O–H groups in total. The van der Waals surface area contributed by atoms with Crippen molar-refractivity contribution < 1.29 is 14.6 Å². The van der Waals surface area contributed by atoms with Crippen LogP contribution in [0.2, 0.25) is 0 Å². The first kappa shape index (κ1) is 19.9. The van der Waals surface area contributed by atoms with Crippen molar-refractivity contribution in [3.63, 3.8) is 0 Å². The number of nitriles is 1. The largest absolute Gasteiger partial charge is 0.508 e. The van der Waals surface area contributed by atoms with Gasteiger partial charge in [-0.15, -0.1) is 0 Å². The van der Waals surface area contributed by atoms with Gasteiger partial charge in [-0.2, -0.15) is 5.26 Å². The topological polar surface area (TPSA) is 94.4 Å². The summed E-state index contributed by atoms with van der Waals surface area (Å²) in [6.45, 7) is 1.02.